The van der Waals surface area contributed by atoms with E-state index in [0.717, 1.165) is 0 Å². The van der Waals surface area contributed by atoms with Crippen LogP contribution in [0.1, 0.15) is 85.5 Å². The Balaban J connectivity index is 5.23. The molecule has 0 radical (unpaired) electrons. The van der Waals surface area contributed by atoms with Crippen LogP contribution in [0.4, 0.5) is 0 Å². The molecule has 0 saturated heterocycles. The van der Waals surface area contributed by atoms with Crippen LogP contribution in [0.3, 0.4) is 0 Å². The Morgan fingerprint density at radius 1 is 0.571 bits per heavy atom. The highest BCUT2D eigenvalue weighted by atomic mass is 31.2. The van der Waals surface area contributed by atoms with E-state index in [2.05, 4.69) is 28.8 Å². The van der Waals surface area contributed by atoms with Gasteiger partial charge in [0.1, 0.15) is 26.4 Å². The smallest absolute Gasteiger partial charge is 0.461 e. The molecule has 2 atom stereocenters. The molecule has 22 heteroatoms. The highest BCUT2D eigenvalue weighted by molar-refractivity contribution is 7.46. The van der Waals surface area contributed by atoms with E-state index in [-0.39, 0.29) is 74.9 Å². The lowest BCUT2D eigenvalue weighted by Crippen LogP contribution is -2.35. The zero-order valence-corrected chi connectivity index (χ0v) is 33.9. The predicted molar refractivity (Wildman–Crippen MR) is 194 cm³/mol. The van der Waals surface area contributed by atoms with E-state index in [4.69, 9.17) is 48.0 Å². The van der Waals surface area contributed by atoms with Crippen LogP contribution in [-0.4, -0.2) is 107 Å². The average molecular weight is 845 g/mol. The summed E-state index contributed by atoms with van der Waals surface area (Å²) in [7, 11) is -9.20. The number of rotatable bonds is 30. The van der Waals surface area contributed by atoms with Gasteiger partial charge in [-0.3, -0.25) is 23.4 Å². The minimum absolute atomic E-state index is 0.0613. The second-order valence-electron chi connectivity index (χ2n) is 13.1. The summed E-state index contributed by atoms with van der Waals surface area (Å²) in [6.07, 6.45) is -1.17. The first-order valence-corrected chi connectivity index (χ1v) is 20.4. The fourth-order valence-electron chi connectivity index (χ4n) is 4.08. The van der Waals surface area contributed by atoms with Crippen molar-refractivity contribution >= 4 is 51.5 Å². The van der Waals surface area contributed by atoms with Crippen molar-refractivity contribution in [3.05, 3.63) is 36.5 Å². The normalized spacial score (nSPS) is 12.7. The predicted octanol–water partition coefficient (Wildman–Crippen LogP) is 3.45. The summed E-state index contributed by atoms with van der Waals surface area (Å²) in [6, 6.07) is 0. The molecule has 0 spiro atoms. The van der Waals surface area contributed by atoms with Crippen molar-refractivity contribution in [1.82, 2.24) is 0 Å². The van der Waals surface area contributed by atoms with Crippen LogP contribution in [-0.2, 0) is 75.4 Å². The number of unbranched alkanes of at least 4 members (excludes halogenated alkanes) is 4. The van der Waals surface area contributed by atoms with Crippen molar-refractivity contribution in [3.63, 3.8) is 0 Å². The molecule has 20 nitrogen and oxygen atoms in total. The summed E-state index contributed by atoms with van der Waals surface area (Å²) >= 11 is 0. The summed E-state index contributed by atoms with van der Waals surface area (Å²) in [5.41, 5.74) is -1.45. The van der Waals surface area contributed by atoms with Crippen LogP contribution >= 0.6 is 15.6 Å². The van der Waals surface area contributed by atoms with E-state index >= 15 is 0 Å². The number of ether oxygens (including phenoxy) is 6. The lowest BCUT2D eigenvalue weighted by Gasteiger charge is -2.25. The zero-order valence-electron chi connectivity index (χ0n) is 32.1. The van der Waals surface area contributed by atoms with Crippen LogP contribution in [0.5, 0.6) is 0 Å². The zero-order chi connectivity index (χ0) is 43.1. The minimum Gasteiger partial charge on any atom is -0.461 e. The Labute approximate surface area is 325 Å². The van der Waals surface area contributed by atoms with Gasteiger partial charge in [-0.1, -0.05) is 32.6 Å². The Morgan fingerprint density at radius 2 is 0.929 bits per heavy atom. The molecule has 0 fully saturated rings. The van der Waals surface area contributed by atoms with Crippen molar-refractivity contribution in [2.45, 2.75) is 97.7 Å². The van der Waals surface area contributed by atoms with E-state index in [0.29, 0.717) is 12.8 Å². The first-order valence-electron chi connectivity index (χ1n) is 17.3. The van der Waals surface area contributed by atoms with Crippen LogP contribution in [0.25, 0.3) is 0 Å². The fourth-order valence-corrected chi connectivity index (χ4v) is 4.82. The monoisotopic (exact) mass is 844 g/mol. The molecule has 0 aliphatic carbocycles. The molecule has 0 aromatic rings. The maximum atomic E-state index is 13.1. The van der Waals surface area contributed by atoms with Gasteiger partial charge < -0.3 is 48.0 Å². The molecule has 56 heavy (non-hydrogen) atoms. The van der Waals surface area contributed by atoms with Crippen molar-refractivity contribution in [1.29, 1.82) is 0 Å². The van der Waals surface area contributed by atoms with E-state index in [1.807, 2.05) is 0 Å². The van der Waals surface area contributed by atoms with E-state index in [9.17, 15) is 37.9 Å². The number of phosphoric ester groups is 2. The second-order valence-corrected chi connectivity index (χ2v) is 15.6. The number of hydrogen-bond donors (Lipinski definition) is 4. The van der Waals surface area contributed by atoms with Gasteiger partial charge in [-0.25, -0.2) is 23.5 Å². The standard InChI is InChI=1S/C34H54O20P2/c1-23(2)30(37)47-19-26(53-28(35)14-10-8-12-16-51-55(41,42)43)21-49-32(39)25(5)18-34(6,7)33(40)50-22-27(20-48-31(38)24(3)4)54-29(36)15-11-9-13-17-52-56(44,45)46/h26-27H,1,3,5,8-22H2,2,4,6-7H3,(H2,41,42,43)(H2,44,45,46). The number of phosphoric acid groups is 2. The first kappa shape index (κ1) is 52.3. The quantitative estimate of drug-likeness (QED) is 0.0265. The Bertz CT molecular complexity index is 1480. The summed E-state index contributed by atoms with van der Waals surface area (Å²) in [5.74, 6) is -4.87. The molecular formula is C34H54O20P2. The third-order valence-electron chi connectivity index (χ3n) is 6.96. The van der Waals surface area contributed by atoms with Gasteiger partial charge in [-0.05, 0) is 59.8 Å². The van der Waals surface area contributed by atoms with Crippen molar-refractivity contribution in [2.24, 2.45) is 5.41 Å². The molecule has 2 unspecified atom stereocenters. The molecule has 0 aliphatic rings. The van der Waals surface area contributed by atoms with Crippen LogP contribution < -0.4 is 0 Å². The third-order valence-corrected chi connectivity index (χ3v) is 8.00. The van der Waals surface area contributed by atoms with Gasteiger partial charge in [0.2, 0.25) is 0 Å². The van der Waals surface area contributed by atoms with Gasteiger partial charge in [-0.2, -0.15) is 0 Å². The number of carbonyl (C=O) groups is 6. The molecule has 4 N–H and O–H groups in total. The molecule has 0 heterocycles. The molecule has 0 amide bonds. The largest absolute Gasteiger partial charge is 0.469 e. The lowest BCUT2D eigenvalue weighted by molar-refractivity contribution is -0.169. The molecule has 320 valence electrons. The summed E-state index contributed by atoms with van der Waals surface area (Å²) in [4.78, 5) is 110. The Morgan fingerprint density at radius 3 is 1.29 bits per heavy atom. The topological polar surface area (TPSA) is 291 Å². The molecule has 0 aromatic heterocycles. The molecule has 0 aromatic carbocycles. The van der Waals surface area contributed by atoms with Gasteiger partial charge in [-0.15, -0.1) is 0 Å². The molecule has 0 rings (SSSR count). The third kappa shape index (κ3) is 27.0. The lowest BCUT2D eigenvalue weighted by atomic mass is 9.86. The average Bonchev–Trinajstić information content (AvgIpc) is 3.08. The minimum atomic E-state index is -4.60. The Kier molecular flexibility index (Phi) is 24.5. The first-order chi connectivity index (χ1) is 25.8. The van der Waals surface area contributed by atoms with Gasteiger partial charge in [0.05, 0.1) is 18.6 Å². The Hall–Kier alpha value is -3.74. The van der Waals surface area contributed by atoms with E-state index < -0.39 is 95.5 Å². The molecule has 0 saturated carbocycles. The van der Waals surface area contributed by atoms with Gasteiger partial charge in [0.15, 0.2) is 12.2 Å². The number of carbonyl (C=O) groups excluding carboxylic acids is 6. The van der Waals surface area contributed by atoms with Crippen molar-refractivity contribution < 1.29 is 94.9 Å². The number of esters is 6. The second kappa shape index (κ2) is 26.2. The van der Waals surface area contributed by atoms with Gasteiger partial charge >= 0.3 is 51.5 Å². The van der Waals surface area contributed by atoms with Gasteiger partial charge in [0.25, 0.3) is 0 Å². The van der Waals surface area contributed by atoms with Gasteiger partial charge in [0, 0.05) is 29.6 Å². The van der Waals surface area contributed by atoms with Crippen LogP contribution in [0, 0.1) is 5.41 Å². The van der Waals surface area contributed by atoms with Crippen LogP contribution in [0.2, 0.25) is 0 Å². The van der Waals surface area contributed by atoms with Crippen molar-refractivity contribution in [3.8, 4) is 0 Å². The summed E-state index contributed by atoms with van der Waals surface area (Å²) in [6.45, 7) is 13.7. The maximum Gasteiger partial charge on any atom is 0.469 e. The molecule has 0 bridgehead atoms. The summed E-state index contributed by atoms with van der Waals surface area (Å²) in [5, 5.41) is 0. The summed E-state index contributed by atoms with van der Waals surface area (Å²) < 4.78 is 61.5. The van der Waals surface area contributed by atoms with E-state index in [1.165, 1.54) is 27.7 Å². The highest BCUT2D eigenvalue weighted by Gasteiger charge is 2.34. The maximum absolute atomic E-state index is 13.1. The molecule has 0 aliphatic heterocycles. The SMILES string of the molecule is C=C(C)C(=O)OCC(COC(=O)C(=C)CC(C)(C)C(=O)OCC(COC(=O)C(=C)C)OC(=O)CCCCCOP(=O)(O)O)OC(=O)CCCCCOP(=O)(O)O. The number of hydrogen-bond acceptors (Lipinski definition) is 16. The van der Waals surface area contributed by atoms with E-state index in [1.54, 1.807) is 0 Å². The van der Waals surface area contributed by atoms with Crippen molar-refractivity contribution in [2.75, 3.05) is 39.6 Å². The molecular weight excluding hydrogens is 790 g/mol. The fraction of sp³-hybridized carbons (Fsp3) is 0.647. The van der Waals surface area contributed by atoms with Crippen LogP contribution in [0.15, 0.2) is 36.5 Å². The highest BCUT2D eigenvalue weighted by Crippen LogP contribution is 2.36.